The van der Waals surface area contributed by atoms with Crippen LogP contribution in [0, 0.1) is 0 Å². The zero-order chi connectivity index (χ0) is 16.2. The van der Waals surface area contributed by atoms with Gasteiger partial charge in [0, 0.05) is 0 Å². The Bertz CT molecular complexity index is 684. The third kappa shape index (κ3) is 3.31. The Kier molecular flexibility index (Phi) is 4.51. The van der Waals surface area contributed by atoms with Gasteiger partial charge in [-0.05, 0) is 36.6 Å². The molecular weight excluding hydrogens is 290 g/mol. The lowest BCUT2D eigenvalue weighted by atomic mass is 9.95. The van der Waals surface area contributed by atoms with Gasteiger partial charge in [0.05, 0.1) is 12.0 Å². The maximum atomic E-state index is 12.6. The van der Waals surface area contributed by atoms with Gasteiger partial charge in [-0.25, -0.2) is 0 Å². The van der Waals surface area contributed by atoms with Crippen molar-refractivity contribution in [2.24, 2.45) is 0 Å². The number of rotatable bonds is 5. The Morgan fingerprint density at radius 1 is 1.09 bits per heavy atom. The molecular formula is C19H21NO3. The fourth-order valence-corrected chi connectivity index (χ4v) is 2.84. The first-order chi connectivity index (χ1) is 11.2. The number of fused-ring (bicyclic) bond motifs is 1. The van der Waals surface area contributed by atoms with Gasteiger partial charge in [0.2, 0.25) is 12.7 Å². The lowest BCUT2D eigenvalue weighted by molar-refractivity contribution is -0.123. The van der Waals surface area contributed by atoms with Crippen molar-refractivity contribution >= 4 is 5.91 Å². The summed E-state index contributed by atoms with van der Waals surface area (Å²) in [5, 5.41) is 3.10. The van der Waals surface area contributed by atoms with Crippen LogP contribution in [0.25, 0.3) is 0 Å². The van der Waals surface area contributed by atoms with Crippen LogP contribution in [-0.2, 0) is 4.79 Å². The zero-order valence-corrected chi connectivity index (χ0v) is 13.4. The Morgan fingerprint density at radius 2 is 1.83 bits per heavy atom. The smallest absolute Gasteiger partial charge is 0.231 e. The molecule has 2 aromatic rings. The number of hydrogen-bond donors (Lipinski definition) is 1. The van der Waals surface area contributed by atoms with Gasteiger partial charge in [-0.3, -0.25) is 4.79 Å². The van der Waals surface area contributed by atoms with Crippen molar-refractivity contribution in [1.82, 2.24) is 5.32 Å². The minimum atomic E-state index is -0.132. The second-order valence-electron chi connectivity index (χ2n) is 5.71. The monoisotopic (exact) mass is 311 g/mol. The standard InChI is InChI=1S/C19H21NO3/c1-3-16(14-7-5-4-6-8-14)19(21)20-13(2)15-9-10-17-18(11-15)23-12-22-17/h4-11,13,16H,3,12H2,1-2H3,(H,20,21)/t13-,16+/m1/s1. The van der Waals surface area contributed by atoms with E-state index in [-0.39, 0.29) is 24.7 Å². The maximum Gasteiger partial charge on any atom is 0.231 e. The van der Waals surface area contributed by atoms with E-state index >= 15 is 0 Å². The number of nitrogens with one attached hydrogen (secondary N) is 1. The molecule has 0 saturated heterocycles. The fraction of sp³-hybridized carbons (Fsp3) is 0.316. The summed E-state index contributed by atoms with van der Waals surface area (Å²) in [7, 11) is 0. The molecule has 1 aliphatic rings. The van der Waals surface area contributed by atoms with E-state index in [0.29, 0.717) is 0 Å². The van der Waals surface area contributed by atoms with Gasteiger partial charge in [0.25, 0.3) is 0 Å². The molecule has 4 heteroatoms. The number of hydrogen-bond acceptors (Lipinski definition) is 3. The first kappa shape index (κ1) is 15.4. The van der Waals surface area contributed by atoms with Crippen molar-refractivity contribution in [3.05, 3.63) is 59.7 Å². The number of amides is 1. The van der Waals surface area contributed by atoms with Crippen LogP contribution in [0.4, 0.5) is 0 Å². The largest absolute Gasteiger partial charge is 0.454 e. The molecule has 120 valence electrons. The molecule has 4 nitrogen and oxygen atoms in total. The minimum Gasteiger partial charge on any atom is -0.454 e. The maximum absolute atomic E-state index is 12.6. The number of benzene rings is 2. The highest BCUT2D eigenvalue weighted by molar-refractivity contribution is 5.84. The van der Waals surface area contributed by atoms with Crippen molar-refractivity contribution in [1.29, 1.82) is 0 Å². The Morgan fingerprint density at radius 3 is 2.57 bits per heavy atom. The highest BCUT2D eigenvalue weighted by atomic mass is 16.7. The predicted octanol–water partition coefficient (Wildman–Crippen LogP) is 3.79. The highest BCUT2D eigenvalue weighted by Gasteiger charge is 2.22. The van der Waals surface area contributed by atoms with Crippen LogP contribution in [0.3, 0.4) is 0 Å². The lowest BCUT2D eigenvalue weighted by Gasteiger charge is -2.20. The van der Waals surface area contributed by atoms with E-state index in [4.69, 9.17) is 9.47 Å². The molecule has 0 spiro atoms. The quantitative estimate of drug-likeness (QED) is 0.914. The van der Waals surface area contributed by atoms with Crippen molar-refractivity contribution in [2.75, 3.05) is 6.79 Å². The molecule has 0 radical (unpaired) electrons. The van der Waals surface area contributed by atoms with Gasteiger partial charge in [0.1, 0.15) is 0 Å². The van der Waals surface area contributed by atoms with Crippen molar-refractivity contribution in [3.63, 3.8) is 0 Å². The lowest BCUT2D eigenvalue weighted by Crippen LogP contribution is -2.31. The van der Waals surface area contributed by atoms with Crippen LogP contribution in [0.2, 0.25) is 0 Å². The molecule has 3 rings (SSSR count). The van der Waals surface area contributed by atoms with Crippen LogP contribution in [0.15, 0.2) is 48.5 Å². The average Bonchev–Trinajstić information content (AvgIpc) is 3.04. The molecule has 2 atom stereocenters. The Hall–Kier alpha value is -2.49. The highest BCUT2D eigenvalue weighted by Crippen LogP contribution is 2.34. The summed E-state index contributed by atoms with van der Waals surface area (Å²) < 4.78 is 10.7. The molecule has 1 amide bonds. The molecule has 23 heavy (non-hydrogen) atoms. The summed E-state index contributed by atoms with van der Waals surface area (Å²) in [5.41, 5.74) is 2.05. The predicted molar refractivity (Wildman–Crippen MR) is 88.6 cm³/mol. The zero-order valence-electron chi connectivity index (χ0n) is 13.4. The first-order valence-corrected chi connectivity index (χ1v) is 7.94. The summed E-state index contributed by atoms with van der Waals surface area (Å²) in [5.74, 6) is 1.40. The number of ether oxygens (including phenoxy) is 2. The van der Waals surface area contributed by atoms with E-state index in [1.54, 1.807) is 0 Å². The molecule has 0 saturated carbocycles. The van der Waals surface area contributed by atoms with Crippen LogP contribution in [0.5, 0.6) is 11.5 Å². The Balaban J connectivity index is 1.71. The summed E-state index contributed by atoms with van der Waals surface area (Å²) in [6, 6.07) is 15.6. The third-order valence-electron chi connectivity index (χ3n) is 4.18. The normalized spacial score (nSPS) is 15.0. The topological polar surface area (TPSA) is 47.6 Å². The SMILES string of the molecule is CC[C@H](C(=O)N[C@H](C)c1ccc2c(c1)OCO2)c1ccccc1. The number of carbonyl (C=O) groups excluding carboxylic acids is 1. The van der Waals surface area contributed by atoms with E-state index in [9.17, 15) is 4.79 Å². The first-order valence-electron chi connectivity index (χ1n) is 7.94. The van der Waals surface area contributed by atoms with Gasteiger partial charge < -0.3 is 14.8 Å². The Labute approximate surface area is 136 Å². The van der Waals surface area contributed by atoms with E-state index in [1.165, 1.54) is 0 Å². The van der Waals surface area contributed by atoms with Crippen molar-refractivity contribution in [3.8, 4) is 11.5 Å². The van der Waals surface area contributed by atoms with Crippen LogP contribution >= 0.6 is 0 Å². The fourth-order valence-electron chi connectivity index (χ4n) is 2.84. The molecule has 1 aliphatic heterocycles. The molecule has 0 fully saturated rings. The van der Waals surface area contributed by atoms with Gasteiger partial charge in [-0.15, -0.1) is 0 Å². The third-order valence-corrected chi connectivity index (χ3v) is 4.18. The molecule has 1 heterocycles. The molecule has 0 unspecified atom stereocenters. The molecule has 0 bridgehead atoms. The van der Waals surface area contributed by atoms with Gasteiger partial charge >= 0.3 is 0 Å². The van der Waals surface area contributed by atoms with E-state index in [0.717, 1.165) is 29.0 Å². The van der Waals surface area contributed by atoms with E-state index in [2.05, 4.69) is 5.32 Å². The average molecular weight is 311 g/mol. The second-order valence-corrected chi connectivity index (χ2v) is 5.71. The van der Waals surface area contributed by atoms with Gasteiger partial charge in [-0.2, -0.15) is 0 Å². The summed E-state index contributed by atoms with van der Waals surface area (Å²) in [6.07, 6.45) is 0.768. The molecule has 2 aromatic carbocycles. The molecule has 1 N–H and O–H groups in total. The molecule has 0 aliphatic carbocycles. The summed E-state index contributed by atoms with van der Waals surface area (Å²) in [6.45, 7) is 4.26. The number of carbonyl (C=O) groups is 1. The van der Waals surface area contributed by atoms with Crippen LogP contribution < -0.4 is 14.8 Å². The van der Waals surface area contributed by atoms with Crippen LogP contribution in [0.1, 0.15) is 43.4 Å². The van der Waals surface area contributed by atoms with Gasteiger partial charge in [0.15, 0.2) is 11.5 Å². The second kappa shape index (κ2) is 6.73. The van der Waals surface area contributed by atoms with Crippen LogP contribution in [-0.4, -0.2) is 12.7 Å². The summed E-state index contributed by atoms with van der Waals surface area (Å²) in [4.78, 5) is 12.6. The van der Waals surface area contributed by atoms with E-state index < -0.39 is 0 Å². The van der Waals surface area contributed by atoms with Gasteiger partial charge in [-0.1, -0.05) is 43.3 Å². The van der Waals surface area contributed by atoms with Crippen molar-refractivity contribution in [2.45, 2.75) is 32.2 Å². The molecule has 0 aromatic heterocycles. The van der Waals surface area contributed by atoms with E-state index in [1.807, 2.05) is 62.4 Å². The summed E-state index contributed by atoms with van der Waals surface area (Å²) >= 11 is 0. The van der Waals surface area contributed by atoms with Crippen molar-refractivity contribution < 1.29 is 14.3 Å². The minimum absolute atomic E-state index is 0.0452.